The van der Waals surface area contributed by atoms with Gasteiger partial charge in [0, 0.05) is 5.56 Å². The fourth-order valence-electron chi connectivity index (χ4n) is 2.42. The Morgan fingerprint density at radius 3 is 2.00 bits per heavy atom. The molecule has 0 heterocycles. The van der Waals surface area contributed by atoms with Crippen molar-refractivity contribution >= 4 is 8.07 Å². The Balaban J connectivity index is 2.65. The normalized spacial score (nSPS) is 12.9. The Morgan fingerprint density at radius 2 is 1.53 bits per heavy atom. The quantitative estimate of drug-likeness (QED) is 0.542. The van der Waals surface area contributed by atoms with Gasteiger partial charge >= 0.3 is 0 Å². The molecule has 0 bridgehead atoms. The van der Waals surface area contributed by atoms with Gasteiger partial charge in [-0.05, 0) is 0 Å². The van der Waals surface area contributed by atoms with Crippen molar-refractivity contribution in [3.63, 3.8) is 0 Å². The summed E-state index contributed by atoms with van der Waals surface area (Å²) in [5, 5.41) is 0. The van der Waals surface area contributed by atoms with Crippen LogP contribution in [-0.4, -0.2) is 32.8 Å². The van der Waals surface area contributed by atoms with E-state index in [2.05, 4.69) is 64.1 Å². The van der Waals surface area contributed by atoms with E-state index < -0.39 is 8.07 Å². The van der Waals surface area contributed by atoms with Crippen LogP contribution >= 0.6 is 0 Å². The van der Waals surface area contributed by atoms with Crippen LogP contribution in [0.1, 0.15) is 5.56 Å². The molecular formula is C13H24NSi+. The Hall–Kier alpha value is -0.603. The van der Waals surface area contributed by atoms with Crippen LogP contribution in [0.4, 0.5) is 0 Å². The third-order valence-electron chi connectivity index (χ3n) is 2.36. The molecule has 1 aromatic rings. The summed E-state index contributed by atoms with van der Waals surface area (Å²) in [6.45, 7) is 8.47. The molecule has 0 N–H and O–H groups in total. The highest BCUT2D eigenvalue weighted by molar-refractivity contribution is 6.75. The van der Waals surface area contributed by atoms with Crippen LogP contribution in [0.15, 0.2) is 30.3 Å². The lowest BCUT2D eigenvalue weighted by Crippen LogP contribution is -2.49. The van der Waals surface area contributed by atoms with E-state index in [0.29, 0.717) is 0 Å². The van der Waals surface area contributed by atoms with E-state index in [4.69, 9.17) is 0 Å². The van der Waals surface area contributed by atoms with Crippen LogP contribution in [-0.2, 0) is 6.54 Å². The third-order valence-corrected chi connectivity index (χ3v) is 4.16. The standard InChI is InChI=1S/C13H24NSi/c1-14(2,12-15(3,4)5)11-13-9-7-6-8-10-13/h6-10H,11-12H2,1-5H3/q+1. The molecule has 0 unspecified atom stereocenters. The van der Waals surface area contributed by atoms with E-state index in [9.17, 15) is 0 Å². The van der Waals surface area contributed by atoms with Crippen molar-refractivity contribution in [2.24, 2.45) is 0 Å². The van der Waals surface area contributed by atoms with E-state index in [1.54, 1.807) is 0 Å². The molecule has 0 aromatic heterocycles. The van der Waals surface area contributed by atoms with E-state index in [1.807, 2.05) is 0 Å². The minimum Gasteiger partial charge on any atom is -0.328 e. The lowest BCUT2D eigenvalue weighted by Gasteiger charge is -2.35. The van der Waals surface area contributed by atoms with Gasteiger partial charge in [0.05, 0.1) is 20.3 Å². The highest BCUT2D eigenvalue weighted by Gasteiger charge is 2.26. The first-order chi connectivity index (χ1) is 6.79. The second-order valence-electron chi connectivity index (χ2n) is 6.30. The van der Waals surface area contributed by atoms with Crippen LogP contribution in [0, 0.1) is 0 Å². The van der Waals surface area contributed by atoms with Gasteiger partial charge in [0.25, 0.3) is 0 Å². The topological polar surface area (TPSA) is 0 Å². The predicted molar refractivity (Wildman–Crippen MR) is 70.5 cm³/mol. The number of quaternary nitrogens is 1. The summed E-state index contributed by atoms with van der Waals surface area (Å²) < 4.78 is 1.11. The first-order valence-corrected chi connectivity index (χ1v) is 9.35. The first kappa shape index (κ1) is 12.5. The highest BCUT2D eigenvalue weighted by Crippen LogP contribution is 2.13. The van der Waals surface area contributed by atoms with Gasteiger partial charge in [-0.1, -0.05) is 50.0 Å². The molecule has 15 heavy (non-hydrogen) atoms. The Bertz CT molecular complexity index is 298. The molecule has 0 atom stereocenters. The molecule has 0 aliphatic heterocycles. The zero-order chi connectivity index (χ0) is 11.5. The van der Waals surface area contributed by atoms with Gasteiger partial charge in [0.15, 0.2) is 0 Å². The predicted octanol–water partition coefficient (Wildman–Crippen LogP) is 3.14. The van der Waals surface area contributed by atoms with Crippen LogP contribution in [0.25, 0.3) is 0 Å². The third kappa shape index (κ3) is 5.14. The van der Waals surface area contributed by atoms with Crippen molar-refractivity contribution in [2.45, 2.75) is 26.2 Å². The Kier molecular flexibility index (Phi) is 3.74. The molecular weight excluding hydrogens is 198 g/mol. The molecule has 0 fully saturated rings. The molecule has 0 amide bonds. The van der Waals surface area contributed by atoms with E-state index in [-0.39, 0.29) is 0 Å². The molecule has 2 heteroatoms. The van der Waals surface area contributed by atoms with Crippen molar-refractivity contribution in [3.8, 4) is 0 Å². The number of hydrogen-bond acceptors (Lipinski definition) is 0. The summed E-state index contributed by atoms with van der Waals surface area (Å²) in [5.74, 6) is 0. The van der Waals surface area contributed by atoms with Gasteiger partial charge in [0.1, 0.15) is 14.6 Å². The Morgan fingerprint density at radius 1 is 1.00 bits per heavy atom. The second-order valence-corrected chi connectivity index (χ2v) is 11.7. The Labute approximate surface area is 95.3 Å². The monoisotopic (exact) mass is 222 g/mol. The van der Waals surface area contributed by atoms with Gasteiger partial charge < -0.3 is 4.48 Å². The summed E-state index contributed by atoms with van der Waals surface area (Å²) >= 11 is 0. The molecule has 0 saturated heterocycles. The number of nitrogens with zero attached hydrogens (tertiary/aromatic N) is 1. The average molecular weight is 222 g/mol. The zero-order valence-electron chi connectivity index (χ0n) is 10.7. The maximum absolute atomic E-state index is 2.44. The largest absolute Gasteiger partial charge is 0.328 e. The van der Waals surface area contributed by atoms with Crippen molar-refractivity contribution in [1.29, 1.82) is 0 Å². The minimum absolute atomic E-state index is 0.974. The molecule has 0 spiro atoms. The van der Waals surface area contributed by atoms with Gasteiger partial charge in [0.2, 0.25) is 0 Å². The number of rotatable bonds is 4. The number of benzene rings is 1. The fourth-order valence-corrected chi connectivity index (χ4v) is 5.10. The molecule has 1 rings (SSSR count). The second kappa shape index (κ2) is 4.50. The van der Waals surface area contributed by atoms with Crippen molar-refractivity contribution < 1.29 is 4.48 Å². The highest BCUT2D eigenvalue weighted by atomic mass is 28.3. The first-order valence-electron chi connectivity index (χ1n) is 5.64. The SMILES string of the molecule is C[N+](C)(Cc1ccccc1)C[Si](C)(C)C. The van der Waals surface area contributed by atoms with Gasteiger partial charge in [-0.15, -0.1) is 0 Å². The van der Waals surface area contributed by atoms with Gasteiger partial charge in [-0.3, -0.25) is 0 Å². The molecule has 1 aromatic carbocycles. The fraction of sp³-hybridized carbons (Fsp3) is 0.538. The zero-order valence-corrected chi connectivity index (χ0v) is 11.7. The van der Waals surface area contributed by atoms with Crippen LogP contribution in [0.3, 0.4) is 0 Å². The van der Waals surface area contributed by atoms with E-state index in [1.165, 1.54) is 11.7 Å². The van der Waals surface area contributed by atoms with Crippen molar-refractivity contribution in [3.05, 3.63) is 35.9 Å². The lowest BCUT2D eigenvalue weighted by molar-refractivity contribution is -0.894. The molecule has 0 aliphatic rings. The molecule has 0 aliphatic carbocycles. The minimum atomic E-state index is -0.974. The number of hydrogen-bond donors (Lipinski definition) is 0. The molecule has 84 valence electrons. The average Bonchev–Trinajstić information content (AvgIpc) is 1.99. The smallest absolute Gasteiger partial charge is 0.110 e. The van der Waals surface area contributed by atoms with Crippen LogP contribution in [0.5, 0.6) is 0 Å². The molecule has 0 radical (unpaired) electrons. The van der Waals surface area contributed by atoms with E-state index >= 15 is 0 Å². The maximum atomic E-state index is 2.44. The van der Waals surface area contributed by atoms with E-state index in [0.717, 1.165) is 11.0 Å². The summed E-state index contributed by atoms with van der Waals surface area (Å²) in [4.78, 5) is 0. The molecule has 1 nitrogen and oxygen atoms in total. The lowest BCUT2D eigenvalue weighted by atomic mass is 10.2. The summed E-state index contributed by atoms with van der Waals surface area (Å²) in [5.41, 5.74) is 1.45. The van der Waals surface area contributed by atoms with Gasteiger partial charge in [-0.2, -0.15) is 0 Å². The van der Waals surface area contributed by atoms with Crippen LogP contribution < -0.4 is 0 Å². The van der Waals surface area contributed by atoms with Gasteiger partial charge in [-0.25, -0.2) is 0 Å². The van der Waals surface area contributed by atoms with Crippen molar-refractivity contribution in [1.82, 2.24) is 0 Å². The summed E-state index contributed by atoms with van der Waals surface area (Å²) in [7, 11) is 3.70. The molecule has 0 saturated carbocycles. The summed E-state index contributed by atoms with van der Waals surface area (Å²) in [6, 6.07) is 10.8. The van der Waals surface area contributed by atoms with Crippen LogP contribution in [0.2, 0.25) is 19.6 Å². The summed E-state index contributed by atoms with van der Waals surface area (Å²) in [6.07, 6.45) is 1.34. The van der Waals surface area contributed by atoms with Crippen molar-refractivity contribution in [2.75, 3.05) is 20.3 Å². The maximum Gasteiger partial charge on any atom is 0.110 e.